The molecular weight excluding hydrogens is 340 g/mol. The number of urea groups is 1. The molecule has 6 heteroatoms. The molecule has 0 saturated heterocycles. The summed E-state index contributed by atoms with van der Waals surface area (Å²) in [5.41, 5.74) is 4.04. The van der Waals surface area contributed by atoms with E-state index in [-0.39, 0.29) is 12.1 Å². The van der Waals surface area contributed by atoms with Crippen LogP contribution >= 0.6 is 0 Å². The number of hydrogen-bond acceptors (Lipinski definition) is 3. The van der Waals surface area contributed by atoms with Crippen LogP contribution in [0, 0.1) is 0 Å². The van der Waals surface area contributed by atoms with Crippen LogP contribution in [0.25, 0.3) is 11.1 Å². The highest BCUT2D eigenvalue weighted by atomic mass is 16.5. The summed E-state index contributed by atoms with van der Waals surface area (Å²) in [6, 6.07) is 7.75. The quantitative estimate of drug-likeness (QED) is 0.787. The molecular formula is C21H26N4O2. The van der Waals surface area contributed by atoms with E-state index in [0.29, 0.717) is 6.54 Å². The molecule has 0 radical (unpaired) electrons. The summed E-state index contributed by atoms with van der Waals surface area (Å²) in [5, 5.41) is 9.76. The number of aromatic nitrogens is 2. The number of hydrogen-bond donors (Lipinski definition) is 2. The van der Waals surface area contributed by atoms with Crippen LogP contribution in [0.3, 0.4) is 0 Å². The number of rotatable bonds is 6. The second-order valence-electron chi connectivity index (χ2n) is 6.87. The Bertz CT molecular complexity index is 820. The Kier molecular flexibility index (Phi) is 5.96. The standard InChI is InChI=1S/C21H26N4O2/c1-15(2)25(14-16-5-4-6-20(11-16)27-3)21(26)24-19-9-7-17(8-10-19)18-12-22-23-13-18/h6-13,15H,4-5,14H2,1-3H3,(H,22,23)(H,24,26). The zero-order chi connectivity index (χ0) is 19.2. The Morgan fingerprint density at radius 3 is 2.70 bits per heavy atom. The normalized spacial score (nSPS) is 13.8. The number of anilines is 1. The topological polar surface area (TPSA) is 70.2 Å². The molecule has 1 aromatic heterocycles. The number of allylic oxidation sites excluding steroid dienone is 2. The van der Waals surface area contributed by atoms with Crippen LogP contribution in [0.5, 0.6) is 0 Å². The van der Waals surface area contributed by atoms with Crippen LogP contribution in [0.4, 0.5) is 10.5 Å². The van der Waals surface area contributed by atoms with Crippen molar-refractivity contribution in [3.8, 4) is 11.1 Å². The third-order valence-electron chi connectivity index (χ3n) is 4.62. The van der Waals surface area contributed by atoms with Crippen molar-refractivity contribution in [2.45, 2.75) is 32.7 Å². The van der Waals surface area contributed by atoms with Gasteiger partial charge < -0.3 is 15.0 Å². The van der Waals surface area contributed by atoms with Gasteiger partial charge in [0.2, 0.25) is 0 Å². The van der Waals surface area contributed by atoms with Gasteiger partial charge in [0.1, 0.15) is 5.76 Å². The molecule has 0 bridgehead atoms. The van der Waals surface area contributed by atoms with Crippen molar-refractivity contribution in [2.24, 2.45) is 0 Å². The minimum atomic E-state index is -0.101. The fourth-order valence-corrected chi connectivity index (χ4v) is 3.06. The fraction of sp³-hybridized carbons (Fsp3) is 0.333. The smallest absolute Gasteiger partial charge is 0.322 e. The zero-order valence-corrected chi connectivity index (χ0v) is 16.0. The van der Waals surface area contributed by atoms with Gasteiger partial charge in [-0.05, 0) is 62.1 Å². The van der Waals surface area contributed by atoms with Crippen molar-refractivity contribution >= 4 is 11.7 Å². The number of nitrogens with zero attached hydrogens (tertiary/aromatic N) is 2. The lowest BCUT2D eigenvalue weighted by molar-refractivity contribution is 0.202. The van der Waals surface area contributed by atoms with Crippen molar-refractivity contribution in [1.29, 1.82) is 0 Å². The van der Waals surface area contributed by atoms with Crippen molar-refractivity contribution in [2.75, 3.05) is 19.0 Å². The van der Waals surface area contributed by atoms with Crippen LogP contribution in [0.1, 0.15) is 26.7 Å². The van der Waals surface area contributed by atoms with Gasteiger partial charge in [-0.15, -0.1) is 0 Å². The first-order valence-corrected chi connectivity index (χ1v) is 9.17. The molecule has 3 rings (SSSR count). The molecule has 0 fully saturated rings. The van der Waals surface area contributed by atoms with E-state index in [2.05, 4.69) is 21.6 Å². The van der Waals surface area contributed by atoms with Gasteiger partial charge in [0.25, 0.3) is 0 Å². The van der Waals surface area contributed by atoms with E-state index in [1.54, 1.807) is 13.3 Å². The lowest BCUT2D eigenvalue weighted by Gasteiger charge is -2.29. The molecule has 0 atom stereocenters. The van der Waals surface area contributed by atoms with Crippen LogP contribution in [0.15, 0.2) is 60.1 Å². The van der Waals surface area contributed by atoms with Crippen LogP contribution < -0.4 is 5.32 Å². The summed E-state index contributed by atoms with van der Waals surface area (Å²) in [6.07, 6.45) is 9.61. The van der Waals surface area contributed by atoms with Crippen LogP contribution in [-0.4, -0.2) is 40.8 Å². The molecule has 0 aliphatic heterocycles. The molecule has 0 spiro atoms. The SMILES string of the molecule is COC1=CCCC(CN(C(=O)Nc2ccc(-c3cn[nH]c3)cc2)C(C)C)=C1. The average Bonchev–Trinajstić information content (AvgIpc) is 3.21. The maximum Gasteiger partial charge on any atom is 0.322 e. The summed E-state index contributed by atoms with van der Waals surface area (Å²) in [7, 11) is 1.67. The number of amides is 2. The summed E-state index contributed by atoms with van der Waals surface area (Å²) >= 11 is 0. The average molecular weight is 366 g/mol. The summed E-state index contributed by atoms with van der Waals surface area (Å²) in [5.74, 6) is 0.871. The lowest BCUT2D eigenvalue weighted by atomic mass is 10.0. The van der Waals surface area contributed by atoms with Gasteiger partial charge in [0.05, 0.1) is 13.3 Å². The summed E-state index contributed by atoms with van der Waals surface area (Å²) < 4.78 is 5.32. The molecule has 0 saturated carbocycles. The maximum absolute atomic E-state index is 12.8. The number of carbonyl (C=O) groups is 1. The molecule has 1 aromatic carbocycles. The van der Waals surface area contributed by atoms with E-state index < -0.39 is 0 Å². The summed E-state index contributed by atoms with van der Waals surface area (Å²) in [4.78, 5) is 14.7. The molecule has 142 valence electrons. The van der Waals surface area contributed by atoms with Gasteiger partial charge >= 0.3 is 6.03 Å². The number of nitrogens with one attached hydrogen (secondary N) is 2. The predicted octanol–water partition coefficient (Wildman–Crippen LogP) is 4.57. The monoisotopic (exact) mass is 366 g/mol. The minimum absolute atomic E-state index is 0.0907. The highest BCUT2D eigenvalue weighted by Gasteiger charge is 2.19. The first-order chi connectivity index (χ1) is 13.1. The van der Waals surface area contributed by atoms with E-state index in [9.17, 15) is 4.79 Å². The third-order valence-corrected chi connectivity index (χ3v) is 4.62. The largest absolute Gasteiger partial charge is 0.497 e. The number of benzene rings is 1. The molecule has 27 heavy (non-hydrogen) atoms. The van der Waals surface area contributed by atoms with Gasteiger partial charge in [-0.3, -0.25) is 5.10 Å². The van der Waals surface area contributed by atoms with Gasteiger partial charge in [-0.25, -0.2) is 4.79 Å². The number of ether oxygens (including phenoxy) is 1. The second-order valence-corrected chi connectivity index (χ2v) is 6.87. The molecule has 1 heterocycles. The van der Waals surface area contributed by atoms with E-state index in [1.165, 1.54) is 5.57 Å². The minimum Gasteiger partial charge on any atom is -0.497 e. The third kappa shape index (κ3) is 4.78. The van der Waals surface area contributed by atoms with E-state index in [1.807, 2.05) is 55.3 Å². The van der Waals surface area contributed by atoms with E-state index in [0.717, 1.165) is 35.4 Å². The van der Waals surface area contributed by atoms with Crippen molar-refractivity contribution < 1.29 is 9.53 Å². The Hall–Kier alpha value is -3.02. The first kappa shape index (κ1) is 18.8. The van der Waals surface area contributed by atoms with E-state index >= 15 is 0 Å². The fourth-order valence-electron chi connectivity index (χ4n) is 3.06. The molecule has 0 unspecified atom stereocenters. The van der Waals surface area contributed by atoms with Crippen molar-refractivity contribution in [3.63, 3.8) is 0 Å². The highest BCUT2D eigenvalue weighted by Crippen LogP contribution is 2.22. The molecule has 2 aromatic rings. The molecule has 1 aliphatic rings. The Balaban J connectivity index is 1.67. The molecule has 6 nitrogen and oxygen atoms in total. The van der Waals surface area contributed by atoms with Gasteiger partial charge in [-0.1, -0.05) is 12.1 Å². The van der Waals surface area contributed by atoms with Crippen LogP contribution in [0.2, 0.25) is 0 Å². The number of methoxy groups -OCH3 is 1. The predicted molar refractivity (Wildman–Crippen MR) is 107 cm³/mol. The Morgan fingerprint density at radius 2 is 2.07 bits per heavy atom. The number of H-pyrrole nitrogens is 1. The second kappa shape index (κ2) is 8.58. The molecule has 2 N–H and O–H groups in total. The number of carbonyl (C=O) groups excluding carboxylic acids is 1. The summed E-state index contributed by atoms with van der Waals surface area (Å²) in [6.45, 7) is 4.65. The van der Waals surface area contributed by atoms with Gasteiger partial charge in [-0.2, -0.15) is 5.10 Å². The first-order valence-electron chi connectivity index (χ1n) is 9.17. The Labute approximate surface area is 159 Å². The Morgan fingerprint density at radius 1 is 1.30 bits per heavy atom. The highest BCUT2D eigenvalue weighted by molar-refractivity contribution is 5.90. The maximum atomic E-state index is 12.8. The molecule has 2 amide bonds. The molecule has 1 aliphatic carbocycles. The van der Waals surface area contributed by atoms with Crippen molar-refractivity contribution in [3.05, 3.63) is 60.1 Å². The van der Waals surface area contributed by atoms with Gasteiger partial charge in [0.15, 0.2) is 0 Å². The number of aromatic amines is 1. The van der Waals surface area contributed by atoms with Gasteiger partial charge in [0, 0.05) is 30.0 Å². The van der Waals surface area contributed by atoms with Crippen molar-refractivity contribution in [1.82, 2.24) is 15.1 Å². The van der Waals surface area contributed by atoms with Crippen LogP contribution in [-0.2, 0) is 4.74 Å². The lowest BCUT2D eigenvalue weighted by Crippen LogP contribution is -2.41. The zero-order valence-electron chi connectivity index (χ0n) is 16.0. The van der Waals surface area contributed by atoms with E-state index in [4.69, 9.17) is 4.74 Å².